The van der Waals surface area contributed by atoms with Crippen molar-refractivity contribution in [3.05, 3.63) is 22.4 Å². The van der Waals surface area contributed by atoms with E-state index in [1.807, 2.05) is 13.8 Å². The Labute approximate surface area is 90.6 Å². The molecule has 1 aliphatic heterocycles. The van der Waals surface area contributed by atoms with E-state index in [4.69, 9.17) is 4.74 Å². The molecule has 0 unspecified atom stereocenters. The van der Waals surface area contributed by atoms with E-state index in [1.165, 1.54) is 6.07 Å². The number of benzene rings is 1. The summed E-state index contributed by atoms with van der Waals surface area (Å²) in [6.45, 7) is 4.52. The highest BCUT2D eigenvalue weighted by molar-refractivity contribution is 9.10. The maximum absolute atomic E-state index is 13.3. The first-order valence-corrected chi connectivity index (χ1v) is 5.20. The summed E-state index contributed by atoms with van der Waals surface area (Å²) in [4.78, 5) is 0. The zero-order valence-electron chi connectivity index (χ0n) is 8.03. The van der Waals surface area contributed by atoms with E-state index in [0.29, 0.717) is 18.0 Å². The largest absolute Gasteiger partial charge is 0.483 e. The van der Waals surface area contributed by atoms with Crippen LogP contribution < -0.4 is 10.1 Å². The highest BCUT2D eigenvalue weighted by Crippen LogP contribution is 2.40. The van der Waals surface area contributed by atoms with Gasteiger partial charge < -0.3 is 10.1 Å². The van der Waals surface area contributed by atoms with Crippen LogP contribution in [0.4, 0.5) is 10.1 Å². The van der Waals surface area contributed by atoms with Crippen LogP contribution in [0.2, 0.25) is 0 Å². The number of rotatable bonds is 0. The molecule has 1 aromatic carbocycles. The number of nitrogens with one attached hydrogen (secondary N) is 1. The van der Waals surface area contributed by atoms with Crippen LogP contribution in [-0.4, -0.2) is 12.1 Å². The first-order valence-electron chi connectivity index (χ1n) is 4.40. The van der Waals surface area contributed by atoms with Crippen molar-refractivity contribution in [3.63, 3.8) is 0 Å². The second kappa shape index (κ2) is 3.12. The van der Waals surface area contributed by atoms with Gasteiger partial charge in [0.1, 0.15) is 17.1 Å². The number of hydrogen-bond donors (Lipinski definition) is 1. The second-order valence-corrected chi connectivity index (χ2v) is 4.80. The molecule has 0 saturated heterocycles. The molecular formula is C10H11BrFNO. The van der Waals surface area contributed by atoms with Crippen LogP contribution in [0.5, 0.6) is 5.75 Å². The lowest BCUT2D eigenvalue weighted by molar-refractivity contribution is 0.114. The van der Waals surface area contributed by atoms with Crippen molar-refractivity contribution in [2.75, 3.05) is 11.9 Å². The fourth-order valence-corrected chi connectivity index (χ4v) is 1.82. The number of hydrogen-bond acceptors (Lipinski definition) is 2. The molecule has 1 heterocycles. The Morgan fingerprint density at radius 1 is 1.50 bits per heavy atom. The van der Waals surface area contributed by atoms with Gasteiger partial charge in [-0.3, -0.25) is 0 Å². The van der Waals surface area contributed by atoms with E-state index in [0.717, 1.165) is 4.47 Å². The molecule has 0 aromatic heterocycles. The molecule has 0 amide bonds. The van der Waals surface area contributed by atoms with Gasteiger partial charge in [-0.1, -0.05) is 0 Å². The Kier molecular flexibility index (Phi) is 2.18. The summed E-state index contributed by atoms with van der Waals surface area (Å²) in [5, 5.41) is 3.03. The van der Waals surface area contributed by atoms with Crippen molar-refractivity contribution in [3.8, 4) is 5.75 Å². The van der Waals surface area contributed by atoms with Gasteiger partial charge >= 0.3 is 0 Å². The Morgan fingerprint density at radius 2 is 2.21 bits per heavy atom. The lowest BCUT2D eigenvalue weighted by atomic mass is 10.1. The maximum Gasteiger partial charge on any atom is 0.160 e. The van der Waals surface area contributed by atoms with Crippen LogP contribution in [0.25, 0.3) is 0 Å². The third kappa shape index (κ3) is 1.59. The zero-order chi connectivity index (χ0) is 10.3. The minimum Gasteiger partial charge on any atom is -0.483 e. The van der Waals surface area contributed by atoms with Crippen LogP contribution in [0.15, 0.2) is 16.6 Å². The molecule has 76 valence electrons. The van der Waals surface area contributed by atoms with Gasteiger partial charge in [-0.2, -0.15) is 0 Å². The maximum atomic E-state index is 13.3. The summed E-state index contributed by atoms with van der Waals surface area (Å²) < 4.78 is 19.8. The Balaban J connectivity index is 2.51. The molecule has 2 rings (SSSR count). The molecule has 0 fully saturated rings. The van der Waals surface area contributed by atoms with E-state index in [1.54, 1.807) is 6.07 Å². The molecule has 1 N–H and O–H groups in total. The van der Waals surface area contributed by atoms with Gasteiger partial charge in [0.15, 0.2) is 5.75 Å². The van der Waals surface area contributed by atoms with Gasteiger partial charge in [-0.25, -0.2) is 4.39 Å². The third-order valence-corrected chi connectivity index (χ3v) is 2.75. The fraction of sp³-hybridized carbons (Fsp3) is 0.400. The molecule has 2 nitrogen and oxygen atoms in total. The number of fused-ring (bicyclic) bond motifs is 1. The lowest BCUT2D eigenvalue weighted by Crippen LogP contribution is -2.40. The van der Waals surface area contributed by atoms with Gasteiger partial charge in [-0.05, 0) is 41.9 Å². The average Bonchev–Trinajstić information content (AvgIpc) is 2.10. The fourth-order valence-electron chi connectivity index (χ4n) is 1.41. The standard InChI is InChI=1S/C10H11BrFNO/c1-10(2)5-13-8-7(12)4-3-6(11)9(8)14-10/h3-4,13H,5H2,1-2H3. The van der Waals surface area contributed by atoms with Crippen molar-refractivity contribution < 1.29 is 9.13 Å². The molecule has 4 heteroatoms. The highest BCUT2D eigenvalue weighted by Gasteiger charge is 2.29. The highest BCUT2D eigenvalue weighted by atomic mass is 79.9. The molecular weight excluding hydrogens is 249 g/mol. The van der Waals surface area contributed by atoms with E-state index in [9.17, 15) is 4.39 Å². The lowest BCUT2D eigenvalue weighted by Gasteiger charge is -2.34. The van der Waals surface area contributed by atoms with Crippen molar-refractivity contribution >= 4 is 21.6 Å². The molecule has 1 aromatic rings. The van der Waals surface area contributed by atoms with Gasteiger partial charge in [0.05, 0.1) is 11.0 Å². The summed E-state index contributed by atoms with van der Waals surface area (Å²) in [6, 6.07) is 3.06. The topological polar surface area (TPSA) is 21.3 Å². The average molecular weight is 260 g/mol. The molecule has 1 aliphatic rings. The Bertz CT molecular complexity index is 379. The monoisotopic (exact) mass is 259 g/mol. The second-order valence-electron chi connectivity index (χ2n) is 3.95. The number of ether oxygens (including phenoxy) is 1. The van der Waals surface area contributed by atoms with Crippen molar-refractivity contribution in [1.82, 2.24) is 0 Å². The van der Waals surface area contributed by atoms with Gasteiger partial charge in [0, 0.05) is 0 Å². The molecule has 0 saturated carbocycles. The molecule has 14 heavy (non-hydrogen) atoms. The van der Waals surface area contributed by atoms with E-state index in [-0.39, 0.29) is 11.4 Å². The van der Waals surface area contributed by atoms with E-state index in [2.05, 4.69) is 21.2 Å². The summed E-state index contributed by atoms with van der Waals surface area (Å²) in [7, 11) is 0. The minimum atomic E-state index is -0.302. The van der Waals surface area contributed by atoms with Crippen molar-refractivity contribution in [2.24, 2.45) is 0 Å². The minimum absolute atomic E-state index is 0.279. The number of halogens is 2. The molecule has 0 bridgehead atoms. The normalized spacial score (nSPS) is 18.0. The van der Waals surface area contributed by atoms with Gasteiger partial charge in [-0.15, -0.1) is 0 Å². The van der Waals surface area contributed by atoms with Gasteiger partial charge in [0.25, 0.3) is 0 Å². The predicted octanol–water partition coefficient (Wildman–Crippen LogP) is 3.17. The first-order chi connectivity index (χ1) is 6.49. The molecule has 0 spiro atoms. The summed E-state index contributed by atoms with van der Waals surface area (Å²) in [5.41, 5.74) is 0.141. The Hall–Kier alpha value is -0.770. The number of anilines is 1. The van der Waals surface area contributed by atoms with Crippen LogP contribution in [0.1, 0.15) is 13.8 Å². The van der Waals surface area contributed by atoms with Gasteiger partial charge in [0.2, 0.25) is 0 Å². The quantitative estimate of drug-likeness (QED) is 0.773. The predicted molar refractivity (Wildman–Crippen MR) is 57.3 cm³/mol. The van der Waals surface area contributed by atoms with Crippen molar-refractivity contribution in [2.45, 2.75) is 19.4 Å². The first kappa shape index (κ1) is 9.77. The zero-order valence-corrected chi connectivity index (χ0v) is 9.61. The van der Waals surface area contributed by atoms with Crippen LogP contribution in [0.3, 0.4) is 0 Å². The van der Waals surface area contributed by atoms with E-state index < -0.39 is 0 Å². The molecule has 0 atom stereocenters. The van der Waals surface area contributed by atoms with Crippen LogP contribution in [-0.2, 0) is 0 Å². The smallest absolute Gasteiger partial charge is 0.160 e. The Morgan fingerprint density at radius 3 is 2.93 bits per heavy atom. The molecule has 0 aliphatic carbocycles. The molecule has 0 radical (unpaired) electrons. The third-order valence-electron chi connectivity index (χ3n) is 2.13. The van der Waals surface area contributed by atoms with Crippen LogP contribution in [0, 0.1) is 5.82 Å². The van der Waals surface area contributed by atoms with Crippen LogP contribution >= 0.6 is 15.9 Å². The summed E-state index contributed by atoms with van der Waals surface area (Å²) in [5.74, 6) is 0.278. The summed E-state index contributed by atoms with van der Waals surface area (Å²) >= 11 is 3.34. The van der Waals surface area contributed by atoms with Crippen molar-refractivity contribution in [1.29, 1.82) is 0 Å². The SMILES string of the molecule is CC1(C)CNc2c(F)ccc(Br)c2O1. The van der Waals surface area contributed by atoms with E-state index >= 15 is 0 Å². The summed E-state index contributed by atoms with van der Waals surface area (Å²) in [6.07, 6.45) is 0.